The van der Waals surface area contributed by atoms with Gasteiger partial charge in [0, 0.05) is 24.1 Å². The lowest BCUT2D eigenvalue weighted by molar-refractivity contribution is -0.126. The van der Waals surface area contributed by atoms with E-state index in [1.807, 2.05) is 0 Å². The van der Waals surface area contributed by atoms with Gasteiger partial charge in [0.25, 0.3) is 0 Å². The molecule has 1 N–H and O–H groups in total. The van der Waals surface area contributed by atoms with Crippen LogP contribution in [0.3, 0.4) is 0 Å². The number of nitrogens with one attached hydrogen (secondary N) is 1. The van der Waals surface area contributed by atoms with Crippen LogP contribution in [0, 0.1) is 23.2 Å². The average Bonchev–Trinajstić information content (AvgIpc) is 2.73. The number of hydrogen-bond acceptors (Lipinski definition) is 2. The van der Waals surface area contributed by atoms with Crippen LogP contribution in [0.25, 0.3) is 0 Å². The van der Waals surface area contributed by atoms with E-state index in [2.05, 4.69) is 46.9 Å². The molecule has 0 bridgehead atoms. The van der Waals surface area contributed by atoms with Crippen LogP contribution in [0.15, 0.2) is 0 Å². The Morgan fingerprint density at radius 1 is 1.25 bits per heavy atom. The second kappa shape index (κ2) is 6.36. The molecule has 2 aliphatic rings. The predicted octanol–water partition coefficient (Wildman–Crippen LogP) is 4.24. The van der Waals surface area contributed by atoms with E-state index in [-0.39, 0.29) is 0 Å². The highest BCUT2D eigenvalue weighted by Gasteiger charge is 2.50. The molecule has 2 nitrogen and oxygen atoms in total. The van der Waals surface area contributed by atoms with Gasteiger partial charge in [-0.1, -0.05) is 48.0 Å². The van der Waals surface area contributed by atoms with E-state index in [4.69, 9.17) is 4.74 Å². The quantitative estimate of drug-likeness (QED) is 0.786. The van der Waals surface area contributed by atoms with Crippen molar-refractivity contribution in [3.63, 3.8) is 0 Å². The van der Waals surface area contributed by atoms with Crippen molar-refractivity contribution in [2.75, 3.05) is 6.61 Å². The Bertz CT molecular complexity index is 313. The molecular weight excluding hydrogens is 246 g/mol. The molecule has 0 aliphatic heterocycles. The van der Waals surface area contributed by atoms with Crippen molar-refractivity contribution in [1.82, 2.24) is 5.32 Å². The largest absolute Gasteiger partial charge is 0.377 e. The Labute approximate surface area is 126 Å². The summed E-state index contributed by atoms with van der Waals surface area (Å²) in [6.45, 7) is 14.9. The first kappa shape index (κ1) is 16.3. The molecule has 0 aromatic carbocycles. The van der Waals surface area contributed by atoms with E-state index in [1.54, 1.807) is 0 Å². The van der Waals surface area contributed by atoms with Crippen molar-refractivity contribution in [2.45, 2.75) is 85.4 Å². The maximum Gasteiger partial charge on any atom is 0.0656 e. The fraction of sp³-hybridized carbons (Fsp3) is 1.00. The van der Waals surface area contributed by atoms with Crippen LogP contribution in [-0.4, -0.2) is 24.8 Å². The summed E-state index contributed by atoms with van der Waals surface area (Å²) in [7, 11) is 0. The Balaban J connectivity index is 1.81. The molecule has 2 rings (SSSR count). The zero-order valence-corrected chi connectivity index (χ0v) is 14.4. The smallest absolute Gasteiger partial charge is 0.0656 e. The van der Waals surface area contributed by atoms with Crippen LogP contribution in [0.2, 0.25) is 0 Å². The fourth-order valence-electron chi connectivity index (χ4n) is 4.08. The van der Waals surface area contributed by atoms with Gasteiger partial charge >= 0.3 is 0 Å². The minimum Gasteiger partial charge on any atom is -0.377 e. The second-order valence-corrected chi connectivity index (χ2v) is 8.20. The second-order valence-electron chi connectivity index (χ2n) is 8.20. The van der Waals surface area contributed by atoms with Crippen molar-refractivity contribution in [2.24, 2.45) is 23.2 Å². The van der Waals surface area contributed by atoms with Crippen molar-refractivity contribution in [3.8, 4) is 0 Å². The van der Waals surface area contributed by atoms with Crippen LogP contribution in [0.4, 0.5) is 0 Å². The van der Waals surface area contributed by atoms with E-state index in [0.717, 1.165) is 24.5 Å². The highest BCUT2D eigenvalue weighted by Crippen LogP contribution is 2.45. The monoisotopic (exact) mass is 281 g/mol. The summed E-state index contributed by atoms with van der Waals surface area (Å²) >= 11 is 0. The third-order valence-corrected chi connectivity index (χ3v) is 5.97. The van der Waals surface area contributed by atoms with Gasteiger partial charge in [0.15, 0.2) is 0 Å². The predicted molar refractivity (Wildman–Crippen MR) is 85.9 cm³/mol. The molecule has 5 atom stereocenters. The topological polar surface area (TPSA) is 21.3 Å². The zero-order valence-electron chi connectivity index (χ0n) is 14.4. The molecule has 0 spiro atoms. The molecular formula is C18H35NO. The number of ether oxygens (including phenoxy) is 1. The molecule has 0 heterocycles. The van der Waals surface area contributed by atoms with Crippen molar-refractivity contribution in [1.29, 1.82) is 0 Å². The Morgan fingerprint density at radius 2 is 1.95 bits per heavy atom. The van der Waals surface area contributed by atoms with Crippen molar-refractivity contribution in [3.05, 3.63) is 0 Å². The summed E-state index contributed by atoms with van der Waals surface area (Å²) in [5, 5.41) is 3.96. The van der Waals surface area contributed by atoms with E-state index < -0.39 is 0 Å². The van der Waals surface area contributed by atoms with Crippen LogP contribution in [0.5, 0.6) is 0 Å². The SMILES string of the molecule is CCC1CCC(NC2CC(OCC(C)C)C2(C)C)C1C. The van der Waals surface area contributed by atoms with Gasteiger partial charge in [0.2, 0.25) is 0 Å². The van der Waals surface area contributed by atoms with Gasteiger partial charge in [0.1, 0.15) is 0 Å². The first-order chi connectivity index (χ1) is 9.36. The molecule has 2 heteroatoms. The molecule has 20 heavy (non-hydrogen) atoms. The minimum atomic E-state index is 0.291. The standard InChI is InChI=1S/C18H35NO/c1-7-14-8-9-15(13(14)4)19-16-10-17(18(16,5)6)20-11-12(2)3/h12-17,19H,7-11H2,1-6H3. The number of hydrogen-bond donors (Lipinski definition) is 1. The van der Waals surface area contributed by atoms with Gasteiger partial charge < -0.3 is 10.1 Å². The van der Waals surface area contributed by atoms with Crippen LogP contribution in [-0.2, 0) is 4.74 Å². The van der Waals surface area contributed by atoms with Crippen LogP contribution in [0.1, 0.15) is 67.2 Å². The maximum absolute atomic E-state index is 6.08. The lowest BCUT2D eigenvalue weighted by Gasteiger charge is -2.53. The van der Waals surface area contributed by atoms with Crippen LogP contribution >= 0.6 is 0 Å². The first-order valence-corrected chi connectivity index (χ1v) is 8.73. The molecule has 0 saturated heterocycles. The molecule has 0 aromatic rings. The summed E-state index contributed by atoms with van der Waals surface area (Å²) in [6.07, 6.45) is 5.76. The zero-order chi connectivity index (χ0) is 14.9. The van der Waals surface area contributed by atoms with Gasteiger partial charge in [-0.15, -0.1) is 0 Å². The molecule has 0 amide bonds. The normalized spacial score (nSPS) is 40.0. The van der Waals surface area contributed by atoms with Crippen molar-refractivity contribution < 1.29 is 4.74 Å². The third-order valence-electron chi connectivity index (χ3n) is 5.97. The molecule has 118 valence electrons. The molecule has 2 saturated carbocycles. The highest BCUT2D eigenvalue weighted by atomic mass is 16.5. The average molecular weight is 281 g/mol. The fourth-order valence-corrected chi connectivity index (χ4v) is 4.08. The Morgan fingerprint density at radius 3 is 2.45 bits per heavy atom. The molecule has 2 fully saturated rings. The lowest BCUT2D eigenvalue weighted by atomic mass is 9.64. The van der Waals surface area contributed by atoms with E-state index in [0.29, 0.717) is 23.5 Å². The molecule has 0 radical (unpaired) electrons. The first-order valence-electron chi connectivity index (χ1n) is 8.73. The van der Waals surface area contributed by atoms with Gasteiger partial charge in [-0.3, -0.25) is 0 Å². The number of rotatable bonds is 6. The summed E-state index contributed by atoms with van der Waals surface area (Å²) < 4.78 is 6.08. The maximum atomic E-state index is 6.08. The van der Waals surface area contributed by atoms with Gasteiger partial charge in [-0.05, 0) is 37.0 Å². The molecule has 2 aliphatic carbocycles. The van der Waals surface area contributed by atoms with Gasteiger partial charge in [0.05, 0.1) is 6.10 Å². The Kier molecular flexibility index (Phi) is 5.18. The van der Waals surface area contributed by atoms with Crippen LogP contribution < -0.4 is 5.32 Å². The molecule has 0 aromatic heterocycles. The van der Waals surface area contributed by atoms with E-state index in [9.17, 15) is 0 Å². The van der Waals surface area contributed by atoms with E-state index in [1.165, 1.54) is 25.7 Å². The summed E-state index contributed by atoms with van der Waals surface area (Å²) in [5.74, 6) is 2.41. The highest BCUT2D eigenvalue weighted by molar-refractivity contribution is 5.05. The van der Waals surface area contributed by atoms with Gasteiger partial charge in [-0.2, -0.15) is 0 Å². The summed E-state index contributed by atoms with van der Waals surface area (Å²) in [5.41, 5.74) is 0.291. The summed E-state index contributed by atoms with van der Waals surface area (Å²) in [6, 6.07) is 1.37. The van der Waals surface area contributed by atoms with E-state index >= 15 is 0 Å². The molecule has 5 unspecified atom stereocenters. The third kappa shape index (κ3) is 3.22. The lowest BCUT2D eigenvalue weighted by Crippen LogP contribution is -2.63. The van der Waals surface area contributed by atoms with Crippen molar-refractivity contribution >= 4 is 0 Å². The van der Waals surface area contributed by atoms with Gasteiger partial charge in [-0.25, -0.2) is 0 Å². The Hall–Kier alpha value is -0.0800. The summed E-state index contributed by atoms with van der Waals surface area (Å²) in [4.78, 5) is 0. The minimum absolute atomic E-state index is 0.291.